The molecule has 0 radical (unpaired) electrons. The van der Waals surface area contributed by atoms with Crippen molar-refractivity contribution >= 4 is 5.82 Å². The van der Waals surface area contributed by atoms with Crippen LogP contribution >= 0.6 is 0 Å². The van der Waals surface area contributed by atoms with Crippen LogP contribution in [0.5, 0.6) is 5.75 Å². The molecule has 0 saturated heterocycles. The van der Waals surface area contributed by atoms with E-state index in [0.29, 0.717) is 11.5 Å². The minimum Gasteiger partial charge on any atom is -0.496 e. The van der Waals surface area contributed by atoms with Crippen molar-refractivity contribution in [1.82, 2.24) is 15.2 Å². The Bertz CT molecular complexity index is 554. The summed E-state index contributed by atoms with van der Waals surface area (Å²) in [6.07, 6.45) is 1.33. The molecule has 17 heavy (non-hydrogen) atoms. The number of rotatable bonds is 2. The van der Waals surface area contributed by atoms with Crippen molar-refractivity contribution in [2.75, 3.05) is 12.8 Å². The molecule has 0 spiro atoms. The van der Waals surface area contributed by atoms with Gasteiger partial charge in [0.2, 0.25) is 0 Å². The standard InChI is InChI=1S/C12H14N4O/c1-7-4-8(2)10(9(5-7)17-3)11-12(13)14-6-15-16-11/h4-6H,1-3H3,(H2,13,14,15). The minimum atomic E-state index is 0.352. The molecule has 0 unspecified atom stereocenters. The average molecular weight is 230 g/mol. The van der Waals surface area contributed by atoms with Crippen molar-refractivity contribution in [2.24, 2.45) is 0 Å². The summed E-state index contributed by atoms with van der Waals surface area (Å²) >= 11 is 0. The first-order valence-corrected chi connectivity index (χ1v) is 5.22. The van der Waals surface area contributed by atoms with Crippen LogP contribution in [-0.4, -0.2) is 22.3 Å². The second-order valence-corrected chi connectivity index (χ2v) is 3.85. The van der Waals surface area contributed by atoms with Gasteiger partial charge in [-0.3, -0.25) is 0 Å². The Morgan fingerprint density at radius 1 is 1.24 bits per heavy atom. The smallest absolute Gasteiger partial charge is 0.153 e. The second-order valence-electron chi connectivity index (χ2n) is 3.85. The molecule has 0 bridgehead atoms. The molecule has 0 atom stereocenters. The van der Waals surface area contributed by atoms with Gasteiger partial charge in [-0.25, -0.2) is 4.98 Å². The fraction of sp³-hybridized carbons (Fsp3) is 0.250. The van der Waals surface area contributed by atoms with Gasteiger partial charge in [0, 0.05) is 0 Å². The largest absolute Gasteiger partial charge is 0.496 e. The van der Waals surface area contributed by atoms with E-state index in [1.54, 1.807) is 7.11 Å². The van der Waals surface area contributed by atoms with E-state index in [9.17, 15) is 0 Å². The Morgan fingerprint density at radius 2 is 2.00 bits per heavy atom. The Balaban J connectivity index is 2.71. The number of nitrogens with zero attached hydrogens (tertiary/aromatic N) is 3. The molecule has 1 heterocycles. The predicted octanol–water partition coefficient (Wildman–Crippen LogP) is 1.75. The fourth-order valence-corrected chi connectivity index (χ4v) is 1.86. The van der Waals surface area contributed by atoms with Crippen LogP contribution < -0.4 is 10.5 Å². The summed E-state index contributed by atoms with van der Waals surface area (Å²) in [7, 11) is 1.62. The van der Waals surface area contributed by atoms with E-state index in [1.165, 1.54) is 6.33 Å². The minimum absolute atomic E-state index is 0.352. The number of nitrogen functional groups attached to an aromatic ring is 1. The van der Waals surface area contributed by atoms with Crippen LogP contribution in [0.3, 0.4) is 0 Å². The predicted molar refractivity (Wildman–Crippen MR) is 65.7 cm³/mol. The van der Waals surface area contributed by atoms with Crippen LogP contribution in [0.15, 0.2) is 18.5 Å². The lowest BCUT2D eigenvalue weighted by molar-refractivity contribution is 0.415. The molecule has 0 aliphatic carbocycles. The van der Waals surface area contributed by atoms with Crippen LogP contribution in [0.4, 0.5) is 5.82 Å². The molecule has 0 amide bonds. The van der Waals surface area contributed by atoms with E-state index in [2.05, 4.69) is 15.2 Å². The molecular weight excluding hydrogens is 216 g/mol. The number of hydrogen-bond donors (Lipinski definition) is 1. The number of ether oxygens (including phenoxy) is 1. The molecule has 1 aromatic carbocycles. The van der Waals surface area contributed by atoms with Gasteiger partial charge in [-0.05, 0) is 31.0 Å². The molecule has 0 aliphatic heterocycles. The molecule has 5 heteroatoms. The highest BCUT2D eigenvalue weighted by Gasteiger charge is 2.15. The zero-order valence-electron chi connectivity index (χ0n) is 10.1. The van der Waals surface area contributed by atoms with Crippen molar-refractivity contribution in [3.63, 3.8) is 0 Å². The van der Waals surface area contributed by atoms with Crippen molar-refractivity contribution in [1.29, 1.82) is 0 Å². The van der Waals surface area contributed by atoms with E-state index in [4.69, 9.17) is 10.5 Å². The third-order valence-electron chi connectivity index (χ3n) is 2.55. The van der Waals surface area contributed by atoms with Crippen LogP contribution in [0.2, 0.25) is 0 Å². The molecule has 0 aliphatic rings. The van der Waals surface area contributed by atoms with Crippen molar-refractivity contribution in [2.45, 2.75) is 13.8 Å². The first kappa shape index (κ1) is 11.3. The number of aryl methyl sites for hydroxylation is 2. The van der Waals surface area contributed by atoms with Crippen LogP contribution in [0.25, 0.3) is 11.3 Å². The van der Waals surface area contributed by atoms with E-state index >= 15 is 0 Å². The third-order valence-corrected chi connectivity index (χ3v) is 2.55. The number of aromatic nitrogens is 3. The highest BCUT2D eigenvalue weighted by atomic mass is 16.5. The summed E-state index contributed by atoms with van der Waals surface area (Å²) in [6, 6.07) is 3.99. The summed E-state index contributed by atoms with van der Waals surface area (Å²) in [6.45, 7) is 4.00. The maximum absolute atomic E-state index is 5.81. The van der Waals surface area contributed by atoms with Crippen LogP contribution in [-0.2, 0) is 0 Å². The number of benzene rings is 1. The molecule has 2 N–H and O–H groups in total. The van der Waals surface area contributed by atoms with Crippen molar-refractivity contribution in [3.8, 4) is 17.0 Å². The highest BCUT2D eigenvalue weighted by molar-refractivity contribution is 5.77. The summed E-state index contributed by atoms with van der Waals surface area (Å²) in [5.74, 6) is 1.08. The third kappa shape index (κ3) is 2.04. The lowest BCUT2D eigenvalue weighted by atomic mass is 10.0. The summed E-state index contributed by atoms with van der Waals surface area (Å²) in [5.41, 5.74) is 9.38. The van der Waals surface area contributed by atoms with Crippen molar-refractivity contribution in [3.05, 3.63) is 29.6 Å². The zero-order chi connectivity index (χ0) is 12.4. The van der Waals surface area contributed by atoms with Gasteiger partial charge in [0.25, 0.3) is 0 Å². The Hall–Kier alpha value is -2.17. The Morgan fingerprint density at radius 3 is 2.65 bits per heavy atom. The lowest BCUT2D eigenvalue weighted by Crippen LogP contribution is -2.01. The monoisotopic (exact) mass is 230 g/mol. The zero-order valence-corrected chi connectivity index (χ0v) is 10.1. The second kappa shape index (κ2) is 4.37. The molecule has 0 saturated carbocycles. The molecule has 2 aromatic rings. The fourth-order valence-electron chi connectivity index (χ4n) is 1.86. The number of methoxy groups -OCH3 is 1. The van der Waals surface area contributed by atoms with Crippen LogP contribution in [0.1, 0.15) is 11.1 Å². The average Bonchev–Trinajstić information content (AvgIpc) is 2.29. The van der Waals surface area contributed by atoms with Gasteiger partial charge < -0.3 is 10.5 Å². The van der Waals surface area contributed by atoms with Gasteiger partial charge >= 0.3 is 0 Å². The molecule has 1 aromatic heterocycles. The molecular formula is C12H14N4O. The SMILES string of the molecule is COc1cc(C)cc(C)c1-c1nncnc1N. The summed E-state index contributed by atoms with van der Waals surface area (Å²) in [4.78, 5) is 3.94. The molecule has 88 valence electrons. The molecule has 0 fully saturated rings. The van der Waals surface area contributed by atoms with E-state index in [-0.39, 0.29) is 0 Å². The highest BCUT2D eigenvalue weighted by Crippen LogP contribution is 2.34. The number of anilines is 1. The van der Waals surface area contributed by atoms with Gasteiger partial charge in [-0.15, -0.1) is 10.2 Å². The molecule has 2 rings (SSSR count). The quantitative estimate of drug-likeness (QED) is 0.850. The number of hydrogen-bond acceptors (Lipinski definition) is 5. The van der Waals surface area contributed by atoms with Gasteiger partial charge in [0.15, 0.2) is 5.82 Å². The molecule has 5 nitrogen and oxygen atoms in total. The van der Waals surface area contributed by atoms with Gasteiger partial charge in [-0.2, -0.15) is 0 Å². The first-order chi connectivity index (χ1) is 8.13. The van der Waals surface area contributed by atoms with Gasteiger partial charge in [0.1, 0.15) is 17.8 Å². The summed E-state index contributed by atoms with van der Waals surface area (Å²) < 4.78 is 5.37. The number of nitrogens with two attached hydrogens (primary N) is 1. The summed E-state index contributed by atoms with van der Waals surface area (Å²) in [5, 5.41) is 7.79. The Labute approximate surface area is 99.7 Å². The lowest BCUT2D eigenvalue weighted by Gasteiger charge is -2.12. The maximum Gasteiger partial charge on any atom is 0.153 e. The van der Waals surface area contributed by atoms with E-state index in [1.807, 2.05) is 26.0 Å². The van der Waals surface area contributed by atoms with Gasteiger partial charge in [0.05, 0.1) is 12.7 Å². The van der Waals surface area contributed by atoms with Crippen molar-refractivity contribution < 1.29 is 4.74 Å². The topological polar surface area (TPSA) is 73.9 Å². The maximum atomic E-state index is 5.81. The first-order valence-electron chi connectivity index (χ1n) is 5.22. The normalized spacial score (nSPS) is 10.3. The van der Waals surface area contributed by atoms with Crippen LogP contribution in [0, 0.1) is 13.8 Å². The van der Waals surface area contributed by atoms with E-state index in [0.717, 1.165) is 22.4 Å². The Kier molecular flexibility index (Phi) is 2.91. The van der Waals surface area contributed by atoms with E-state index < -0.39 is 0 Å². The van der Waals surface area contributed by atoms with Gasteiger partial charge in [-0.1, -0.05) is 6.07 Å².